The zero-order valence-corrected chi connectivity index (χ0v) is 16.5. The van der Waals surface area contributed by atoms with E-state index in [9.17, 15) is 15.0 Å². The van der Waals surface area contributed by atoms with Crippen LogP contribution in [0.4, 0.5) is 0 Å². The number of aliphatic hydroxyl groups is 3. The zero-order valence-electron chi connectivity index (χ0n) is 16.5. The fraction of sp³-hybridized carbons (Fsp3) is 0.857. The van der Waals surface area contributed by atoms with Crippen LogP contribution >= 0.6 is 0 Å². The first-order valence-electron chi connectivity index (χ1n) is 10.4. The van der Waals surface area contributed by atoms with Gasteiger partial charge in [0.15, 0.2) is 5.79 Å². The third-order valence-electron chi connectivity index (χ3n) is 4.79. The summed E-state index contributed by atoms with van der Waals surface area (Å²) in [6.45, 7) is 2.07. The quantitative estimate of drug-likeness (QED) is 0.162. The Morgan fingerprint density at radius 1 is 0.923 bits per heavy atom. The van der Waals surface area contributed by atoms with Crippen LogP contribution in [-0.4, -0.2) is 38.8 Å². The van der Waals surface area contributed by atoms with E-state index in [1.165, 1.54) is 19.3 Å². The van der Waals surface area contributed by atoms with Crippen molar-refractivity contribution in [3.8, 4) is 0 Å². The van der Waals surface area contributed by atoms with E-state index >= 15 is 0 Å². The van der Waals surface area contributed by atoms with Gasteiger partial charge in [-0.1, -0.05) is 57.6 Å². The number of carboxylic acid groups (broad SMARTS) is 1. The third-order valence-corrected chi connectivity index (χ3v) is 4.79. The van der Waals surface area contributed by atoms with Gasteiger partial charge < -0.3 is 20.4 Å². The van der Waals surface area contributed by atoms with Gasteiger partial charge in [-0.15, -0.1) is 0 Å². The van der Waals surface area contributed by atoms with Gasteiger partial charge in [0, 0.05) is 19.4 Å². The lowest BCUT2D eigenvalue weighted by Gasteiger charge is -2.21. The first kappa shape index (κ1) is 25.1. The highest BCUT2D eigenvalue weighted by Gasteiger charge is 2.21. The van der Waals surface area contributed by atoms with E-state index in [0.29, 0.717) is 25.7 Å². The summed E-state index contributed by atoms with van der Waals surface area (Å²) in [6.07, 6.45) is 15.9. The van der Waals surface area contributed by atoms with Gasteiger partial charge in [-0.3, -0.25) is 4.79 Å². The van der Waals surface area contributed by atoms with Crippen LogP contribution in [-0.2, 0) is 4.79 Å². The average molecular weight is 373 g/mol. The van der Waals surface area contributed by atoms with Crippen LogP contribution in [0, 0.1) is 5.92 Å². The Morgan fingerprint density at radius 3 is 2.04 bits per heavy atom. The Labute approximate surface area is 159 Å². The van der Waals surface area contributed by atoms with Crippen molar-refractivity contribution < 1.29 is 25.2 Å². The van der Waals surface area contributed by atoms with Crippen molar-refractivity contribution in [2.45, 2.75) is 103 Å². The van der Waals surface area contributed by atoms with Crippen molar-refractivity contribution in [1.82, 2.24) is 0 Å². The zero-order chi connectivity index (χ0) is 19.7. The maximum absolute atomic E-state index is 10.9. The van der Waals surface area contributed by atoms with Crippen molar-refractivity contribution in [2.75, 3.05) is 6.61 Å². The molecule has 0 aliphatic heterocycles. The summed E-state index contributed by atoms with van der Waals surface area (Å²) in [5.74, 6) is -2.86. The molecule has 0 amide bonds. The summed E-state index contributed by atoms with van der Waals surface area (Å²) >= 11 is 0. The van der Waals surface area contributed by atoms with Gasteiger partial charge in [-0.25, -0.2) is 0 Å². The molecule has 0 aromatic heterocycles. The van der Waals surface area contributed by atoms with Crippen molar-refractivity contribution >= 4 is 5.97 Å². The van der Waals surface area contributed by atoms with Crippen LogP contribution in [0.3, 0.4) is 0 Å². The minimum Gasteiger partial charge on any atom is -0.481 e. The lowest BCUT2D eigenvalue weighted by molar-refractivity contribution is -0.172. The third kappa shape index (κ3) is 15.4. The Bertz CT molecular complexity index is 365. The maximum atomic E-state index is 10.9. The number of carboxylic acids is 1. The monoisotopic (exact) mass is 372 g/mol. The minimum absolute atomic E-state index is 0.0965. The summed E-state index contributed by atoms with van der Waals surface area (Å²) in [5, 5.41) is 37.7. The molecule has 0 rings (SSSR count). The highest BCUT2D eigenvalue weighted by Crippen LogP contribution is 2.20. The maximum Gasteiger partial charge on any atom is 0.306 e. The highest BCUT2D eigenvalue weighted by atomic mass is 16.5. The molecule has 0 bridgehead atoms. The molecule has 1 unspecified atom stereocenters. The van der Waals surface area contributed by atoms with E-state index in [1.807, 2.05) is 12.2 Å². The summed E-state index contributed by atoms with van der Waals surface area (Å²) in [6, 6.07) is 0. The van der Waals surface area contributed by atoms with Gasteiger partial charge in [0.2, 0.25) is 0 Å². The predicted octanol–water partition coefficient (Wildman–Crippen LogP) is 4.40. The lowest BCUT2D eigenvalue weighted by Crippen LogP contribution is -2.27. The molecule has 4 N–H and O–H groups in total. The first-order chi connectivity index (χ1) is 12.4. The Morgan fingerprint density at radius 2 is 1.50 bits per heavy atom. The van der Waals surface area contributed by atoms with Crippen molar-refractivity contribution in [3.05, 3.63) is 12.2 Å². The van der Waals surface area contributed by atoms with Crippen LogP contribution in [0.2, 0.25) is 0 Å². The molecule has 0 heterocycles. The standard InChI is InChI=1S/C21H40O5/c1-2-3-4-9-12-16-21(25,26)17-13-10-7-5-6-8-11-14-19(15-18-22)20(23)24/h8,11,19,22,25-26H,2-7,9-10,12-18H2,1H3,(H,23,24). The van der Waals surface area contributed by atoms with Gasteiger partial charge >= 0.3 is 5.97 Å². The number of aliphatic carboxylic acids is 1. The molecule has 0 aliphatic carbocycles. The molecule has 1 atom stereocenters. The number of carbonyl (C=O) groups is 1. The molecule has 0 spiro atoms. The van der Waals surface area contributed by atoms with E-state index in [4.69, 9.17) is 10.2 Å². The summed E-state index contributed by atoms with van der Waals surface area (Å²) in [5.41, 5.74) is 0. The number of allylic oxidation sites excluding steroid dienone is 2. The molecule has 0 fully saturated rings. The molecule has 5 heteroatoms. The summed E-state index contributed by atoms with van der Waals surface area (Å²) in [4.78, 5) is 10.9. The van der Waals surface area contributed by atoms with E-state index < -0.39 is 17.7 Å². The van der Waals surface area contributed by atoms with E-state index in [2.05, 4.69) is 6.92 Å². The average Bonchev–Trinajstić information content (AvgIpc) is 2.58. The molecule has 0 saturated heterocycles. The van der Waals surface area contributed by atoms with Crippen molar-refractivity contribution in [1.29, 1.82) is 0 Å². The Balaban J connectivity index is 3.61. The predicted molar refractivity (Wildman–Crippen MR) is 105 cm³/mol. The van der Waals surface area contributed by atoms with Gasteiger partial charge in [0.05, 0.1) is 5.92 Å². The Hall–Kier alpha value is -0.910. The fourth-order valence-electron chi connectivity index (χ4n) is 3.04. The second kappa shape index (κ2) is 16.3. The second-order valence-electron chi connectivity index (χ2n) is 7.35. The summed E-state index contributed by atoms with van der Waals surface area (Å²) in [7, 11) is 0. The van der Waals surface area contributed by atoms with E-state index in [1.54, 1.807) is 0 Å². The van der Waals surface area contributed by atoms with Crippen LogP contribution in [0.5, 0.6) is 0 Å². The van der Waals surface area contributed by atoms with Crippen LogP contribution < -0.4 is 0 Å². The molecule has 0 saturated carbocycles. The molecule has 5 nitrogen and oxygen atoms in total. The number of hydrogen-bond acceptors (Lipinski definition) is 4. The number of aliphatic hydroxyl groups excluding tert-OH is 1. The smallest absolute Gasteiger partial charge is 0.306 e. The SMILES string of the molecule is CCCCCCCC(O)(O)CCCCCCC=CCC(CCO)C(=O)O. The van der Waals surface area contributed by atoms with Crippen LogP contribution in [0.1, 0.15) is 96.8 Å². The van der Waals surface area contributed by atoms with Crippen molar-refractivity contribution in [3.63, 3.8) is 0 Å². The van der Waals surface area contributed by atoms with E-state index in [-0.39, 0.29) is 6.61 Å². The number of hydrogen-bond donors (Lipinski definition) is 4. The highest BCUT2D eigenvalue weighted by molar-refractivity contribution is 5.70. The minimum atomic E-state index is -1.51. The normalized spacial score (nSPS) is 13.4. The second-order valence-corrected chi connectivity index (χ2v) is 7.35. The molecule has 0 aliphatic rings. The molecular weight excluding hydrogens is 332 g/mol. The van der Waals surface area contributed by atoms with Crippen molar-refractivity contribution in [2.24, 2.45) is 5.92 Å². The van der Waals surface area contributed by atoms with Crippen LogP contribution in [0.15, 0.2) is 12.2 Å². The molecule has 26 heavy (non-hydrogen) atoms. The molecule has 154 valence electrons. The number of rotatable bonds is 18. The van der Waals surface area contributed by atoms with Gasteiger partial charge in [-0.05, 0) is 38.5 Å². The lowest BCUT2D eigenvalue weighted by atomic mass is 9.99. The first-order valence-corrected chi connectivity index (χ1v) is 10.4. The van der Waals surface area contributed by atoms with Crippen LogP contribution in [0.25, 0.3) is 0 Å². The van der Waals surface area contributed by atoms with Gasteiger partial charge in [0.1, 0.15) is 0 Å². The molecular formula is C21H40O5. The van der Waals surface area contributed by atoms with Gasteiger partial charge in [-0.2, -0.15) is 0 Å². The molecule has 0 aromatic rings. The number of unbranched alkanes of at least 4 members (excludes halogenated alkanes) is 8. The Kier molecular flexibility index (Phi) is 15.7. The topological polar surface area (TPSA) is 98.0 Å². The summed E-state index contributed by atoms with van der Waals surface area (Å²) < 4.78 is 0. The fourth-order valence-corrected chi connectivity index (χ4v) is 3.04. The molecule has 0 radical (unpaired) electrons. The largest absolute Gasteiger partial charge is 0.481 e. The van der Waals surface area contributed by atoms with E-state index in [0.717, 1.165) is 44.9 Å². The molecule has 0 aromatic carbocycles. The van der Waals surface area contributed by atoms with Gasteiger partial charge in [0.25, 0.3) is 0 Å².